The van der Waals surface area contributed by atoms with Crippen LogP contribution in [0.1, 0.15) is 25.0 Å². The van der Waals surface area contributed by atoms with E-state index in [2.05, 4.69) is 19.2 Å². The summed E-state index contributed by atoms with van der Waals surface area (Å²) in [5.41, 5.74) is 3.18. The molecule has 1 aliphatic rings. The maximum absolute atomic E-state index is 12.0. The third-order valence-corrected chi connectivity index (χ3v) is 3.27. The van der Waals surface area contributed by atoms with Gasteiger partial charge in [0.2, 0.25) is 11.8 Å². The zero-order chi connectivity index (χ0) is 13.1. The first-order valence-electron chi connectivity index (χ1n) is 6.35. The summed E-state index contributed by atoms with van der Waals surface area (Å²) in [5.74, 6) is -0.132. The zero-order valence-electron chi connectivity index (χ0n) is 10.8. The van der Waals surface area contributed by atoms with Crippen molar-refractivity contribution in [3.8, 4) is 0 Å². The van der Waals surface area contributed by atoms with E-state index in [1.807, 2.05) is 18.2 Å². The van der Waals surface area contributed by atoms with Crippen LogP contribution in [0, 0.1) is 0 Å². The lowest BCUT2D eigenvalue weighted by Crippen LogP contribution is -2.52. The summed E-state index contributed by atoms with van der Waals surface area (Å²) in [5, 5.41) is 2.58. The second-order valence-electron chi connectivity index (χ2n) is 4.39. The first-order valence-corrected chi connectivity index (χ1v) is 6.35. The monoisotopic (exact) mass is 246 g/mol. The highest BCUT2D eigenvalue weighted by atomic mass is 16.2. The number of para-hydroxylation sites is 1. The van der Waals surface area contributed by atoms with E-state index < -0.39 is 0 Å². The van der Waals surface area contributed by atoms with Crippen LogP contribution < -0.4 is 10.2 Å². The number of carbonyl (C=O) groups excluding carboxylic acids is 2. The number of anilines is 1. The van der Waals surface area contributed by atoms with Crippen molar-refractivity contribution in [1.82, 2.24) is 5.32 Å². The Labute approximate surface area is 107 Å². The molecule has 96 valence electrons. The number of piperazine rings is 1. The average molecular weight is 246 g/mol. The number of hydrogen-bond acceptors (Lipinski definition) is 2. The molecule has 1 aromatic rings. The van der Waals surface area contributed by atoms with Crippen LogP contribution in [0.5, 0.6) is 0 Å². The number of hydrogen-bond donors (Lipinski definition) is 1. The molecule has 0 aromatic heterocycles. The van der Waals surface area contributed by atoms with Crippen LogP contribution in [0.3, 0.4) is 0 Å². The molecule has 0 atom stereocenters. The van der Waals surface area contributed by atoms with Crippen molar-refractivity contribution in [3.05, 3.63) is 29.3 Å². The standard InChI is InChI=1S/C14H18N2O2/c1-3-10-6-5-7-11(4-2)14(10)16-9-12(17)15-8-13(16)18/h5-7H,3-4,8-9H2,1-2H3,(H,15,17). The molecular formula is C14H18N2O2. The summed E-state index contributed by atoms with van der Waals surface area (Å²) in [4.78, 5) is 25.1. The van der Waals surface area contributed by atoms with Crippen molar-refractivity contribution in [3.63, 3.8) is 0 Å². The molecule has 18 heavy (non-hydrogen) atoms. The molecule has 1 N–H and O–H groups in total. The molecule has 2 rings (SSSR count). The predicted octanol–water partition coefficient (Wildman–Crippen LogP) is 1.27. The number of amides is 2. The molecule has 4 nitrogen and oxygen atoms in total. The van der Waals surface area contributed by atoms with E-state index in [4.69, 9.17) is 0 Å². The van der Waals surface area contributed by atoms with Gasteiger partial charge in [-0.25, -0.2) is 0 Å². The van der Waals surface area contributed by atoms with Gasteiger partial charge in [0.05, 0.1) is 12.2 Å². The molecular weight excluding hydrogens is 228 g/mol. The summed E-state index contributed by atoms with van der Waals surface area (Å²) in [6, 6.07) is 6.05. The van der Waals surface area contributed by atoms with Gasteiger partial charge in [-0.2, -0.15) is 0 Å². The predicted molar refractivity (Wildman–Crippen MR) is 70.6 cm³/mol. The second-order valence-corrected chi connectivity index (χ2v) is 4.39. The van der Waals surface area contributed by atoms with Crippen LogP contribution in [0.4, 0.5) is 5.69 Å². The minimum absolute atomic E-state index is 0.0369. The maximum Gasteiger partial charge on any atom is 0.246 e. The van der Waals surface area contributed by atoms with Gasteiger partial charge in [-0.3, -0.25) is 9.59 Å². The molecule has 0 spiro atoms. The molecule has 1 aromatic carbocycles. The van der Waals surface area contributed by atoms with Crippen molar-refractivity contribution in [1.29, 1.82) is 0 Å². The van der Waals surface area contributed by atoms with E-state index in [1.54, 1.807) is 4.90 Å². The first kappa shape index (κ1) is 12.6. The Hall–Kier alpha value is -1.84. The number of nitrogens with one attached hydrogen (secondary N) is 1. The SMILES string of the molecule is CCc1cccc(CC)c1N1CC(=O)NCC1=O. The highest BCUT2D eigenvalue weighted by molar-refractivity contribution is 6.05. The van der Waals surface area contributed by atoms with E-state index in [0.29, 0.717) is 0 Å². The number of carbonyl (C=O) groups is 2. The Balaban J connectivity index is 2.47. The minimum atomic E-state index is -0.0949. The van der Waals surface area contributed by atoms with Gasteiger partial charge >= 0.3 is 0 Å². The van der Waals surface area contributed by atoms with Crippen LogP contribution >= 0.6 is 0 Å². The third kappa shape index (κ3) is 2.23. The molecule has 1 fully saturated rings. The summed E-state index contributed by atoms with van der Waals surface area (Å²) < 4.78 is 0. The summed E-state index contributed by atoms with van der Waals surface area (Å²) in [6.45, 7) is 4.35. The Kier molecular flexibility index (Phi) is 3.65. The van der Waals surface area contributed by atoms with E-state index in [-0.39, 0.29) is 24.9 Å². The minimum Gasteiger partial charge on any atom is -0.345 e. The van der Waals surface area contributed by atoms with Gasteiger partial charge in [0.15, 0.2) is 0 Å². The van der Waals surface area contributed by atoms with Crippen molar-refractivity contribution < 1.29 is 9.59 Å². The number of benzene rings is 1. The van der Waals surface area contributed by atoms with E-state index in [1.165, 1.54) is 0 Å². The van der Waals surface area contributed by atoms with E-state index in [0.717, 1.165) is 29.7 Å². The highest BCUT2D eigenvalue weighted by Gasteiger charge is 2.27. The van der Waals surface area contributed by atoms with E-state index >= 15 is 0 Å². The lowest BCUT2D eigenvalue weighted by Gasteiger charge is -2.30. The topological polar surface area (TPSA) is 49.4 Å². The smallest absolute Gasteiger partial charge is 0.246 e. The average Bonchev–Trinajstić information content (AvgIpc) is 2.40. The Bertz CT molecular complexity index is 460. The number of nitrogens with zero attached hydrogens (tertiary/aromatic N) is 1. The van der Waals surface area contributed by atoms with E-state index in [9.17, 15) is 9.59 Å². The molecule has 0 saturated carbocycles. The fourth-order valence-electron chi connectivity index (χ4n) is 2.32. The van der Waals surface area contributed by atoms with Gasteiger partial charge in [-0.1, -0.05) is 32.0 Å². The van der Waals surface area contributed by atoms with Crippen LogP contribution in [-0.4, -0.2) is 24.9 Å². The van der Waals surface area contributed by atoms with Crippen molar-refractivity contribution in [2.24, 2.45) is 0 Å². The zero-order valence-corrected chi connectivity index (χ0v) is 10.8. The summed E-state index contributed by atoms with van der Waals surface area (Å²) in [6.07, 6.45) is 1.71. The van der Waals surface area contributed by atoms with Crippen LogP contribution in [-0.2, 0) is 22.4 Å². The Morgan fingerprint density at radius 3 is 2.33 bits per heavy atom. The molecule has 0 unspecified atom stereocenters. The normalized spacial score (nSPS) is 15.8. The lowest BCUT2D eigenvalue weighted by molar-refractivity contribution is -0.128. The Morgan fingerprint density at radius 2 is 1.78 bits per heavy atom. The summed E-state index contributed by atoms with van der Waals surface area (Å²) in [7, 11) is 0. The van der Waals surface area contributed by atoms with Gasteiger partial charge < -0.3 is 10.2 Å². The third-order valence-electron chi connectivity index (χ3n) is 3.27. The van der Waals surface area contributed by atoms with Gasteiger partial charge in [-0.15, -0.1) is 0 Å². The molecule has 1 saturated heterocycles. The van der Waals surface area contributed by atoms with Gasteiger partial charge in [0.1, 0.15) is 6.54 Å². The Morgan fingerprint density at radius 1 is 1.17 bits per heavy atom. The van der Waals surface area contributed by atoms with Crippen LogP contribution in [0.2, 0.25) is 0 Å². The van der Waals surface area contributed by atoms with Gasteiger partial charge in [0.25, 0.3) is 0 Å². The van der Waals surface area contributed by atoms with Crippen molar-refractivity contribution in [2.75, 3.05) is 18.0 Å². The van der Waals surface area contributed by atoms with Crippen LogP contribution in [0.25, 0.3) is 0 Å². The van der Waals surface area contributed by atoms with Gasteiger partial charge in [-0.05, 0) is 24.0 Å². The molecule has 0 aliphatic carbocycles. The molecule has 0 radical (unpaired) electrons. The second kappa shape index (κ2) is 5.21. The molecule has 4 heteroatoms. The molecule has 1 aliphatic heterocycles. The largest absolute Gasteiger partial charge is 0.345 e. The molecule has 1 heterocycles. The quantitative estimate of drug-likeness (QED) is 0.873. The summed E-state index contributed by atoms with van der Waals surface area (Å²) >= 11 is 0. The first-order chi connectivity index (χ1) is 8.67. The van der Waals surface area contributed by atoms with Crippen molar-refractivity contribution >= 4 is 17.5 Å². The fraction of sp³-hybridized carbons (Fsp3) is 0.429. The lowest BCUT2D eigenvalue weighted by atomic mass is 10.0. The van der Waals surface area contributed by atoms with Crippen LogP contribution in [0.15, 0.2) is 18.2 Å². The molecule has 0 bridgehead atoms. The fourth-order valence-corrected chi connectivity index (χ4v) is 2.32. The highest BCUT2D eigenvalue weighted by Crippen LogP contribution is 2.27. The number of aryl methyl sites for hydroxylation is 2. The number of rotatable bonds is 3. The van der Waals surface area contributed by atoms with Crippen molar-refractivity contribution in [2.45, 2.75) is 26.7 Å². The van der Waals surface area contributed by atoms with Gasteiger partial charge in [0, 0.05) is 0 Å². The maximum atomic E-state index is 12.0. The molecule has 2 amide bonds.